The van der Waals surface area contributed by atoms with Crippen molar-refractivity contribution in [3.05, 3.63) is 93.0 Å². The molecule has 0 saturated heterocycles. The summed E-state index contributed by atoms with van der Waals surface area (Å²) in [5, 5.41) is 3.22. The maximum atomic E-state index is 13.3. The van der Waals surface area contributed by atoms with Crippen molar-refractivity contribution in [2.75, 3.05) is 0 Å². The number of aromatic amines is 1. The van der Waals surface area contributed by atoms with E-state index in [1.54, 1.807) is 4.52 Å². The van der Waals surface area contributed by atoms with Crippen LogP contribution >= 0.6 is 0 Å². The Kier molecular flexibility index (Phi) is 4.65. The number of H-pyrrole nitrogens is 1. The predicted molar refractivity (Wildman–Crippen MR) is 119 cm³/mol. The van der Waals surface area contributed by atoms with E-state index in [9.17, 15) is 4.79 Å². The molecular formula is C25H27N3O. The molecule has 0 unspecified atom stereocenters. The van der Waals surface area contributed by atoms with Crippen molar-refractivity contribution < 1.29 is 0 Å². The second-order valence-corrected chi connectivity index (χ2v) is 8.74. The lowest BCUT2D eigenvalue weighted by molar-refractivity contribution is 0.590. The van der Waals surface area contributed by atoms with Crippen LogP contribution in [0.4, 0.5) is 0 Å². The summed E-state index contributed by atoms with van der Waals surface area (Å²) in [4.78, 5) is 18.1. The first-order valence-electron chi connectivity index (χ1n) is 10.0. The van der Waals surface area contributed by atoms with Crippen LogP contribution in [-0.4, -0.2) is 14.6 Å². The minimum atomic E-state index is -0.0299. The molecule has 4 heteroatoms. The second-order valence-electron chi connectivity index (χ2n) is 8.74. The van der Waals surface area contributed by atoms with Gasteiger partial charge in [-0.2, -0.15) is 0 Å². The third-order valence-electron chi connectivity index (χ3n) is 5.52. The molecule has 0 fully saturated rings. The summed E-state index contributed by atoms with van der Waals surface area (Å²) in [6.07, 6.45) is 0.573. The lowest BCUT2D eigenvalue weighted by atomic mass is 9.86. The summed E-state index contributed by atoms with van der Waals surface area (Å²) < 4.78 is 1.59. The lowest BCUT2D eigenvalue weighted by Crippen LogP contribution is -2.22. The van der Waals surface area contributed by atoms with Gasteiger partial charge in [0.1, 0.15) is 0 Å². The molecule has 2 aromatic carbocycles. The number of benzene rings is 2. The number of nitrogens with zero attached hydrogens (tertiary/aromatic N) is 2. The summed E-state index contributed by atoms with van der Waals surface area (Å²) in [6, 6.07) is 18.6. The normalized spacial score (nSPS) is 11.9. The number of aromatic nitrogens is 3. The maximum absolute atomic E-state index is 13.3. The van der Waals surface area contributed by atoms with Gasteiger partial charge in [-0.05, 0) is 36.0 Å². The number of hydrogen-bond acceptors (Lipinski definition) is 2. The molecule has 2 aromatic heterocycles. The molecule has 1 N–H and O–H groups in total. The van der Waals surface area contributed by atoms with Gasteiger partial charge in [0.15, 0.2) is 5.65 Å². The van der Waals surface area contributed by atoms with E-state index < -0.39 is 0 Å². The van der Waals surface area contributed by atoms with Crippen LogP contribution in [0.5, 0.6) is 0 Å². The zero-order chi connectivity index (χ0) is 20.8. The standard InChI is InChI=1S/C25H27N3O/c1-16-21(15-18-11-13-20(14-12-18)25(3,4)5)24(29)28-23(26-16)22(17(2)27-28)19-9-7-6-8-10-19/h6-14,27H,15H2,1-5H3. The van der Waals surface area contributed by atoms with Gasteiger partial charge < -0.3 is 0 Å². The molecule has 148 valence electrons. The van der Waals surface area contributed by atoms with Gasteiger partial charge in [0.25, 0.3) is 5.56 Å². The topological polar surface area (TPSA) is 50.2 Å². The van der Waals surface area contributed by atoms with Crippen LogP contribution in [0.25, 0.3) is 16.8 Å². The number of aryl methyl sites for hydroxylation is 2. The molecule has 4 aromatic rings. The van der Waals surface area contributed by atoms with Crippen molar-refractivity contribution in [1.82, 2.24) is 14.6 Å². The van der Waals surface area contributed by atoms with E-state index in [2.05, 4.69) is 50.1 Å². The van der Waals surface area contributed by atoms with Gasteiger partial charge >= 0.3 is 0 Å². The lowest BCUT2D eigenvalue weighted by Gasteiger charge is -2.19. The van der Waals surface area contributed by atoms with Crippen LogP contribution in [-0.2, 0) is 11.8 Å². The Hall–Kier alpha value is -3.14. The fourth-order valence-electron chi connectivity index (χ4n) is 3.81. The van der Waals surface area contributed by atoms with Crippen LogP contribution in [0.3, 0.4) is 0 Å². The highest BCUT2D eigenvalue weighted by Crippen LogP contribution is 2.27. The minimum absolute atomic E-state index is 0.0299. The minimum Gasteiger partial charge on any atom is -0.293 e. The monoisotopic (exact) mass is 385 g/mol. The third kappa shape index (κ3) is 3.51. The van der Waals surface area contributed by atoms with Crippen LogP contribution < -0.4 is 5.56 Å². The van der Waals surface area contributed by atoms with E-state index in [-0.39, 0.29) is 11.0 Å². The highest BCUT2D eigenvalue weighted by atomic mass is 16.1. The Morgan fingerprint density at radius 2 is 1.62 bits per heavy atom. The average molecular weight is 386 g/mol. The van der Waals surface area contributed by atoms with Crippen molar-refractivity contribution in [3.63, 3.8) is 0 Å². The number of rotatable bonds is 3. The molecule has 0 radical (unpaired) electrons. The van der Waals surface area contributed by atoms with E-state index in [0.29, 0.717) is 12.1 Å². The molecule has 0 aliphatic carbocycles. The fraction of sp³-hybridized carbons (Fsp3) is 0.280. The summed E-state index contributed by atoms with van der Waals surface area (Å²) >= 11 is 0. The summed E-state index contributed by atoms with van der Waals surface area (Å²) in [5.41, 5.74) is 7.66. The quantitative estimate of drug-likeness (QED) is 0.527. The SMILES string of the molecule is Cc1nc2c(-c3ccccc3)c(C)[nH]n2c(=O)c1Cc1ccc(C(C)(C)C)cc1. The van der Waals surface area contributed by atoms with Crippen LogP contribution in [0.15, 0.2) is 59.4 Å². The second kappa shape index (κ2) is 7.03. The molecule has 29 heavy (non-hydrogen) atoms. The molecule has 0 saturated carbocycles. The molecule has 0 bridgehead atoms. The van der Waals surface area contributed by atoms with Gasteiger partial charge in [0.05, 0.1) is 0 Å². The Morgan fingerprint density at radius 1 is 0.966 bits per heavy atom. The summed E-state index contributed by atoms with van der Waals surface area (Å²) in [5.74, 6) is 0. The van der Waals surface area contributed by atoms with Crippen LogP contribution in [0, 0.1) is 13.8 Å². The first-order chi connectivity index (χ1) is 13.8. The van der Waals surface area contributed by atoms with Crippen molar-refractivity contribution in [2.24, 2.45) is 0 Å². The van der Waals surface area contributed by atoms with Crippen molar-refractivity contribution >= 4 is 5.65 Å². The van der Waals surface area contributed by atoms with Gasteiger partial charge in [-0.25, -0.2) is 9.50 Å². The number of fused-ring (bicyclic) bond motifs is 1. The Bertz CT molecular complexity index is 1220. The van der Waals surface area contributed by atoms with Gasteiger partial charge in [-0.15, -0.1) is 0 Å². The molecule has 0 spiro atoms. The molecule has 0 aliphatic heterocycles. The Morgan fingerprint density at radius 3 is 2.24 bits per heavy atom. The van der Waals surface area contributed by atoms with Gasteiger partial charge in [0.2, 0.25) is 0 Å². The van der Waals surface area contributed by atoms with Crippen molar-refractivity contribution in [1.29, 1.82) is 0 Å². The highest BCUT2D eigenvalue weighted by molar-refractivity contribution is 5.79. The summed E-state index contributed by atoms with van der Waals surface area (Å²) in [7, 11) is 0. The fourth-order valence-corrected chi connectivity index (χ4v) is 3.81. The first kappa shape index (κ1) is 19.2. The molecule has 2 heterocycles. The smallest absolute Gasteiger partial charge is 0.276 e. The zero-order valence-corrected chi connectivity index (χ0v) is 17.7. The zero-order valence-electron chi connectivity index (χ0n) is 17.7. The first-order valence-corrected chi connectivity index (χ1v) is 10.0. The van der Waals surface area contributed by atoms with E-state index in [1.807, 2.05) is 44.2 Å². The predicted octanol–water partition coefficient (Wildman–Crippen LogP) is 5.19. The van der Waals surface area contributed by atoms with E-state index in [0.717, 1.165) is 33.6 Å². The molecule has 0 aliphatic rings. The maximum Gasteiger partial charge on any atom is 0.276 e. The average Bonchev–Trinajstić information content (AvgIpc) is 3.01. The van der Waals surface area contributed by atoms with Crippen LogP contribution in [0.1, 0.15) is 48.8 Å². The Labute approximate surface area is 171 Å². The summed E-state index contributed by atoms with van der Waals surface area (Å²) in [6.45, 7) is 10.5. The molecule has 0 atom stereocenters. The Balaban J connectivity index is 1.78. The van der Waals surface area contributed by atoms with E-state index in [4.69, 9.17) is 4.98 Å². The third-order valence-corrected chi connectivity index (χ3v) is 5.52. The van der Waals surface area contributed by atoms with E-state index in [1.165, 1.54) is 5.56 Å². The molecule has 4 nitrogen and oxygen atoms in total. The molecular weight excluding hydrogens is 358 g/mol. The van der Waals surface area contributed by atoms with Crippen molar-refractivity contribution in [2.45, 2.75) is 46.5 Å². The van der Waals surface area contributed by atoms with Crippen LogP contribution in [0.2, 0.25) is 0 Å². The largest absolute Gasteiger partial charge is 0.293 e. The number of hydrogen-bond donors (Lipinski definition) is 1. The van der Waals surface area contributed by atoms with Gasteiger partial charge in [0, 0.05) is 28.9 Å². The van der Waals surface area contributed by atoms with Gasteiger partial charge in [-0.3, -0.25) is 9.89 Å². The number of nitrogens with one attached hydrogen (secondary N) is 1. The van der Waals surface area contributed by atoms with Crippen molar-refractivity contribution in [3.8, 4) is 11.1 Å². The molecule has 4 rings (SSSR count). The molecule has 0 amide bonds. The van der Waals surface area contributed by atoms with Gasteiger partial charge in [-0.1, -0.05) is 75.4 Å². The highest BCUT2D eigenvalue weighted by Gasteiger charge is 2.18. The van der Waals surface area contributed by atoms with E-state index >= 15 is 0 Å².